The number of aliphatic hydroxyl groups is 8. The molecule has 1 aromatic carbocycles. The molecule has 3 saturated heterocycles. The summed E-state index contributed by atoms with van der Waals surface area (Å²) in [7, 11) is 0. The second-order valence-corrected chi connectivity index (χ2v) is 21.2. The Kier molecular flexibility index (Phi) is 25.9. The van der Waals surface area contributed by atoms with Crippen LogP contribution < -0.4 is 42.8 Å². The highest BCUT2D eigenvalue weighted by molar-refractivity contribution is 5.98. The fourth-order valence-electron chi connectivity index (χ4n) is 10.0. The topological polar surface area (TPSA) is 443 Å². The van der Waals surface area contributed by atoms with Crippen LogP contribution in [-0.2, 0) is 43.2 Å². The second kappa shape index (κ2) is 31.2. The number of carbonyl (C=O) groups is 9. The number of amides is 8. The number of rotatable bonds is 22. The Bertz CT molecular complexity index is 2240. The number of benzene rings is 1. The van der Waals surface area contributed by atoms with Gasteiger partial charge in [-0.3, -0.25) is 43.2 Å². The summed E-state index contributed by atoms with van der Waals surface area (Å²) < 4.78 is 5.03. The molecule has 444 valence electrons. The lowest BCUT2D eigenvalue weighted by Crippen LogP contribution is -2.64. The molecule has 0 bridgehead atoms. The van der Waals surface area contributed by atoms with Crippen molar-refractivity contribution < 1.29 is 88.7 Å². The molecule has 2 unspecified atom stereocenters. The predicted molar refractivity (Wildman–Crippen MR) is 279 cm³/mol. The summed E-state index contributed by atoms with van der Waals surface area (Å²) in [5, 5.41) is 101. The summed E-state index contributed by atoms with van der Waals surface area (Å²) in [6.45, 7) is 6.22. The molecule has 0 saturated carbocycles. The third-order valence-electron chi connectivity index (χ3n) is 14.7. The minimum atomic E-state index is -2.41. The Morgan fingerprint density at radius 3 is 1.96 bits per heavy atom. The van der Waals surface area contributed by atoms with Gasteiger partial charge in [-0.2, -0.15) is 0 Å². The lowest BCUT2D eigenvalue weighted by atomic mass is 9.91. The Balaban J connectivity index is 1.71. The Morgan fingerprint density at radius 2 is 1.34 bits per heavy atom. The number of nitrogens with zero attached hydrogens (tertiary/aromatic N) is 2. The van der Waals surface area contributed by atoms with E-state index in [1.54, 1.807) is 0 Å². The molecule has 4 rings (SSSR count). The van der Waals surface area contributed by atoms with Crippen LogP contribution in [0.3, 0.4) is 0 Å². The molecule has 17 N–H and O–H groups in total. The van der Waals surface area contributed by atoms with Crippen molar-refractivity contribution >= 4 is 53.2 Å². The molecule has 79 heavy (non-hydrogen) atoms. The Hall–Kier alpha value is -5.91. The first kappa shape index (κ1) is 65.6. The van der Waals surface area contributed by atoms with Crippen molar-refractivity contribution in [3.63, 3.8) is 0 Å². The number of hydrogen-bond donors (Lipinski definition) is 15. The highest BCUT2D eigenvalue weighted by Gasteiger charge is 2.49. The molecule has 0 spiro atoms. The van der Waals surface area contributed by atoms with Crippen LogP contribution in [0.15, 0.2) is 24.3 Å². The van der Waals surface area contributed by atoms with Gasteiger partial charge in [-0.1, -0.05) is 77.8 Å². The zero-order chi connectivity index (χ0) is 58.8. The van der Waals surface area contributed by atoms with Gasteiger partial charge >= 0.3 is 5.97 Å². The van der Waals surface area contributed by atoms with Crippen molar-refractivity contribution in [1.82, 2.24) is 36.4 Å². The molecule has 3 aliphatic heterocycles. The number of unbranched alkanes of at least 4 members (excludes halogenated alkanes) is 5. The van der Waals surface area contributed by atoms with Gasteiger partial charge in [0.2, 0.25) is 47.3 Å². The van der Waals surface area contributed by atoms with E-state index in [2.05, 4.69) is 47.4 Å². The number of aliphatic hydroxyl groups excluding tert-OH is 8. The highest BCUT2D eigenvalue weighted by Crippen LogP contribution is 2.27. The van der Waals surface area contributed by atoms with Crippen LogP contribution in [0.1, 0.15) is 129 Å². The van der Waals surface area contributed by atoms with E-state index in [9.17, 15) is 84.0 Å². The highest BCUT2D eigenvalue weighted by atomic mass is 16.5. The monoisotopic (exact) mass is 1120 g/mol. The molecular weight excluding hydrogens is 1040 g/mol. The zero-order valence-corrected chi connectivity index (χ0v) is 45.3. The van der Waals surface area contributed by atoms with E-state index in [0.29, 0.717) is 29.6 Å². The Morgan fingerprint density at radius 1 is 0.734 bits per heavy atom. The fraction of sp³-hybridized carbons (Fsp3) is 0.712. The minimum absolute atomic E-state index is 0.0458. The minimum Gasteiger partial charge on any atom is -0.426 e. The van der Waals surface area contributed by atoms with Crippen molar-refractivity contribution in [2.45, 2.75) is 203 Å². The van der Waals surface area contributed by atoms with Crippen molar-refractivity contribution in [1.29, 1.82) is 0 Å². The van der Waals surface area contributed by atoms with Gasteiger partial charge in [-0.05, 0) is 55.7 Å². The van der Waals surface area contributed by atoms with Crippen molar-refractivity contribution in [3.05, 3.63) is 29.8 Å². The van der Waals surface area contributed by atoms with Gasteiger partial charge < -0.3 is 93.4 Å². The fourth-order valence-corrected chi connectivity index (χ4v) is 10.0. The first-order valence-corrected chi connectivity index (χ1v) is 27.1. The average Bonchev–Trinajstić information content (AvgIpc) is 4.00. The van der Waals surface area contributed by atoms with E-state index in [4.69, 9.17) is 16.2 Å². The van der Waals surface area contributed by atoms with Gasteiger partial charge in [0.25, 0.3) is 0 Å². The van der Waals surface area contributed by atoms with Gasteiger partial charge in [0, 0.05) is 32.4 Å². The number of fused-ring (bicyclic) bond motifs is 2. The molecule has 8 amide bonds. The van der Waals surface area contributed by atoms with E-state index >= 15 is 0 Å². The molecule has 16 atom stereocenters. The van der Waals surface area contributed by atoms with Crippen molar-refractivity contribution in [2.24, 2.45) is 23.3 Å². The zero-order valence-electron chi connectivity index (χ0n) is 45.3. The number of carbonyl (C=O) groups excluding carboxylic acids is 9. The molecule has 0 radical (unpaired) electrons. The molecule has 0 aromatic heterocycles. The SMILES string of the molecule is CCC(C)CC(C)CCCCCCCCC(=O)N[C@H]1C[C@@H](O)[C@@H](O)NC(=O)[C@@H]2[C@@H](O)CCN2C(=O)[C@H]([C@H](O)CC(N)=O)NC(=O)[C@H]([C@H](O)[C@@H](O)c2ccc(OC(=O)CN)cc2)NC(=O)[C@@H]2C[C@@H](O)CN2C(=O)[C@H]([C@@H](C)O)NC1=O. The lowest BCUT2D eigenvalue weighted by Gasteiger charge is -2.34. The first-order valence-electron chi connectivity index (χ1n) is 27.1. The molecular formula is C52H83N9O18. The number of hydrogen-bond acceptors (Lipinski definition) is 19. The van der Waals surface area contributed by atoms with E-state index in [1.165, 1.54) is 18.6 Å². The third-order valence-corrected chi connectivity index (χ3v) is 14.7. The standard InChI is InChI=1S/C52H83N9O18/c1-5-26(2)20-27(3)12-10-8-6-7-9-11-13-38(68)55-32-22-36(66)48(74)59-50(76)43-34(64)18-19-60(43)52(78)41(35(65)23-37(54)67)57-49(75)42(45(71)44(70)29-14-16-31(17-15-29)79-39(69)24-53)58-47(73)33-21-30(63)25-61(33)51(77)40(28(4)62)56-46(32)72/h14-17,26-28,30,32-36,40-45,48,62-66,70-71,74H,5-13,18-25,53H2,1-4H3,(H2,54,67)(H,55,68)(H,56,72)(H,57,75)(H,58,73)(H,59,76)/t26?,27?,28-,30-,32+,33+,34+,35-,36-,40+,41+,42+,43+,44+,45+,48-/m1/s1. The second-order valence-electron chi connectivity index (χ2n) is 21.2. The van der Waals surface area contributed by atoms with Crippen LogP contribution in [0, 0.1) is 11.8 Å². The number of ether oxygens (including phenoxy) is 1. The van der Waals surface area contributed by atoms with Crippen molar-refractivity contribution in [2.75, 3.05) is 19.6 Å². The molecule has 1 aromatic rings. The maximum atomic E-state index is 14.5. The summed E-state index contributed by atoms with van der Waals surface area (Å²) in [4.78, 5) is 125. The van der Waals surface area contributed by atoms with E-state index in [1.807, 2.05) is 0 Å². The number of nitrogens with one attached hydrogen (secondary N) is 5. The summed E-state index contributed by atoms with van der Waals surface area (Å²) in [5.74, 6) is -9.35. The normalized spacial score (nSPS) is 28.1. The van der Waals surface area contributed by atoms with E-state index < -0.39 is 177 Å². The summed E-state index contributed by atoms with van der Waals surface area (Å²) in [6.07, 6.45) is -10.5. The quantitative estimate of drug-likeness (QED) is 0.0297. The maximum absolute atomic E-state index is 14.5. The van der Waals surface area contributed by atoms with Crippen LogP contribution in [0.2, 0.25) is 0 Å². The Labute approximate surface area is 458 Å². The van der Waals surface area contributed by atoms with Gasteiger partial charge in [-0.25, -0.2) is 0 Å². The molecule has 3 aliphatic rings. The number of primary amides is 1. The summed E-state index contributed by atoms with van der Waals surface area (Å²) in [5.41, 5.74) is 10.5. The molecule has 3 fully saturated rings. The molecule has 27 heteroatoms. The van der Waals surface area contributed by atoms with Gasteiger partial charge in [0.05, 0.1) is 37.4 Å². The lowest BCUT2D eigenvalue weighted by molar-refractivity contribution is -0.149. The van der Waals surface area contributed by atoms with Crippen LogP contribution in [-0.4, -0.2) is 203 Å². The van der Waals surface area contributed by atoms with Crippen LogP contribution >= 0.6 is 0 Å². The van der Waals surface area contributed by atoms with Gasteiger partial charge in [-0.15, -0.1) is 0 Å². The summed E-state index contributed by atoms with van der Waals surface area (Å²) in [6, 6.07) is -7.40. The first-order chi connectivity index (χ1) is 37.3. The average molecular weight is 1120 g/mol. The van der Waals surface area contributed by atoms with Gasteiger partial charge in [0.15, 0.2) is 6.23 Å². The largest absolute Gasteiger partial charge is 0.426 e. The van der Waals surface area contributed by atoms with E-state index in [0.717, 1.165) is 62.5 Å². The van der Waals surface area contributed by atoms with Crippen LogP contribution in [0.25, 0.3) is 0 Å². The van der Waals surface area contributed by atoms with E-state index in [-0.39, 0.29) is 24.2 Å². The molecule has 27 nitrogen and oxygen atoms in total. The summed E-state index contributed by atoms with van der Waals surface area (Å²) >= 11 is 0. The molecule has 0 aliphatic carbocycles. The third kappa shape index (κ3) is 19.1. The smallest absolute Gasteiger partial charge is 0.325 e. The molecule has 3 heterocycles. The number of esters is 1. The van der Waals surface area contributed by atoms with Crippen LogP contribution in [0.5, 0.6) is 5.75 Å². The predicted octanol–water partition coefficient (Wildman–Crippen LogP) is -4.18. The maximum Gasteiger partial charge on any atom is 0.325 e. The van der Waals surface area contributed by atoms with Gasteiger partial charge in [0.1, 0.15) is 60.3 Å². The van der Waals surface area contributed by atoms with Crippen molar-refractivity contribution in [3.8, 4) is 5.75 Å². The number of nitrogens with two attached hydrogens (primary N) is 2. The van der Waals surface area contributed by atoms with Crippen LogP contribution in [0.4, 0.5) is 0 Å².